The smallest absolute Gasteiger partial charge is 0.311 e. The molecule has 3 heterocycles. The fraction of sp³-hybridized carbons (Fsp3) is 0.961. The number of carbonyl (C=O) groups excluding carboxylic acids is 2. The number of methoxy groups -OCH3 is 1. The van der Waals surface area contributed by atoms with Crippen molar-refractivity contribution in [1.29, 1.82) is 0 Å². The fourth-order valence-electron chi connectivity index (χ4n) is 10.9. The van der Waals surface area contributed by atoms with Gasteiger partial charge in [0.1, 0.15) is 30.0 Å². The summed E-state index contributed by atoms with van der Waals surface area (Å²) in [6, 6.07) is -1.20. The lowest BCUT2D eigenvalue weighted by atomic mass is 9.77. The van der Waals surface area contributed by atoms with Crippen LogP contribution in [-0.4, -0.2) is 165 Å². The van der Waals surface area contributed by atoms with Crippen molar-refractivity contribution < 1.29 is 63.5 Å². The molecule has 0 aromatic carbocycles. The summed E-state index contributed by atoms with van der Waals surface area (Å²) in [4.78, 5) is 31.6. The predicted octanol–water partition coefficient (Wildman–Crippen LogP) is 6.50. The van der Waals surface area contributed by atoms with Crippen LogP contribution in [0.3, 0.4) is 0 Å². The lowest BCUT2D eigenvalue weighted by molar-refractivity contribution is -0.317. The zero-order valence-corrected chi connectivity index (χ0v) is 43.6. The van der Waals surface area contributed by atoms with Gasteiger partial charge < -0.3 is 63.8 Å². The summed E-state index contributed by atoms with van der Waals surface area (Å²) >= 11 is 0. The van der Waals surface area contributed by atoms with Gasteiger partial charge in [0.05, 0.1) is 47.6 Å². The number of aliphatic hydroxyl groups excluding tert-OH is 3. The lowest BCUT2D eigenvalue weighted by Gasteiger charge is -2.49. The van der Waals surface area contributed by atoms with Crippen LogP contribution in [0.1, 0.15) is 179 Å². The number of unbranched alkanes of at least 4 members (excludes halogenated alkanes) is 10. The maximum Gasteiger partial charge on any atom is 0.311 e. The van der Waals surface area contributed by atoms with Gasteiger partial charge in [-0.1, -0.05) is 91.9 Å². The predicted molar refractivity (Wildman–Crippen MR) is 254 cm³/mol. The van der Waals surface area contributed by atoms with E-state index in [0.29, 0.717) is 19.4 Å². The Kier molecular flexibility index (Phi) is 23.7. The third-order valence-corrected chi connectivity index (χ3v) is 15.4. The molecule has 0 radical (unpaired) electrons. The number of likely N-dealkylation sites (N-methyl/N-ethyl adjacent to an activating group) is 2. The number of ether oxygens (including phenoxy) is 6. The molecule has 1 amide bonds. The maximum absolute atomic E-state index is 14.4. The first-order valence-corrected chi connectivity index (χ1v) is 25.7. The van der Waals surface area contributed by atoms with Crippen molar-refractivity contribution in [3.8, 4) is 0 Å². The zero-order chi connectivity index (χ0) is 49.7. The van der Waals surface area contributed by atoms with E-state index in [0.717, 1.165) is 19.3 Å². The molecule has 3 rings (SSSR count). The van der Waals surface area contributed by atoms with Gasteiger partial charge in [-0.15, -0.1) is 0 Å². The van der Waals surface area contributed by atoms with E-state index in [1.165, 1.54) is 65.4 Å². The van der Waals surface area contributed by atoms with E-state index in [-0.39, 0.29) is 31.1 Å². The molecule has 0 saturated carbocycles. The van der Waals surface area contributed by atoms with Crippen LogP contribution in [0.15, 0.2) is 0 Å². The monoisotopic (exact) mass is 945 g/mol. The summed E-state index contributed by atoms with van der Waals surface area (Å²) in [7, 11) is 5.06. The molecule has 18 atom stereocenters. The van der Waals surface area contributed by atoms with Crippen LogP contribution in [0.4, 0.5) is 0 Å². The lowest BCUT2D eigenvalue weighted by Crippen LogP contribution is -2.61. The van der Waals surface area contributed by atoms with Crippen LogP contribution in [0.5, 0.6) is 0 Å². The van der Waals surface area contributed by atoms with E-state index < -0.39 is 108 Å². The van der Waals surface area contributed by atoms with Gasteiger partial charge >= 0.3 is 5.97 Å². The topological polar surface area (TPSA) is 197 Å². The standard InChI is InChI=1S/C51H96N2O13/c1-15-17-18-19-20-21-22-23-24-25-26-27-40(54)53(13)38-28-33(4)62-48(42(38)55)66-46-34(5)43(65-41-30-50(10,61-14)45(57)37(8)63-41)35(6)47(58)64-39(16-2)51(11,60)44(56)36(7)52(12)31-32(3)29-49(46,9)59/h32-39,41-46,48,55-57,59-60H,15-31H2,1-14H3/t32-,33-,34+,35-,36-,37+,38+,39-,41+,42-,43+,44-,45+,46-,48+,49-,50-,51-/m1/s1. The SMILES string of the molecule is CCCCCCCCCCCCCC(=O)N(C)[C@H]1C[C@@H](C)O[C@@H](O[C@@H]2[C@@H](C)[C@H](O[C@H]3C[C@@](C)(OC)[C@@H](O)[C@H](C)O3)[C@@H](C)C(=O)O[C@H](CC)[C@@](C)(O)[C@H](O)[C@@H](C)N(C)C[C@H](C)C[C@@]2(C)O)[C@@H]1O. The second kappa shape index (κ2) is 26.6. The van der Waals surface area contributed by atoms with Crippen molar-refractivity contribution in [3.05, 3.63) is 0 Å². The average Bonchev–Trinajstić information content (AvgIpc) is 3.26. The second-order valence-electron chi connectivity index (χ2n) is 21.5. The van der Waals surface area contributed by atoms with Gasteiger partial charge in [0.15, 0.2) is 12.6 Å². The Balaban J connectivity index is 1.96. The molecule has 0 aliphatic carbocycles. The molecule has 3 saturated heterocycles. The molecular weight excluding hydrogens is 849 g/mol. The van der Waals surface area contributed by atoms with Crippen LogP contribution in [0.2, 0.25) is 0 Å². The summed E-state index contributed by atoms with van der Waals surface area (Å²) < 4.78 is 38.1. The number of esters is 1. The first-order chi connectivity index (χ1) is 30.9. The van der Waals surface area contributed by atoms with E-state index in [9.17, 15) is 35.1 Å². The van der Waals surface area contributed by atoms with Gasteiger partial charge in [0, 0.05) is 45.5 Å². The molecule has 0 spiro atoms. The minimum absolute atomic E-state index is 0.0607. The first-order valence-electron chi connectivity index (χ1n) is 25.7. The molecule has 388 valence electrons. The molecule has 0 bridgehead atoms. The van der Waals surface area contributed by atoms with Crippen LogP contribution in [0, 0.1) is 17.8 Å². The Bertz CT molecular complexity index is 1440. The number of carbonyl (C=O) groups is 2. The molecule has 66 heavy (non-hydrogen) atoms. The number of cyclic esters (lactones) is 1. The Morgan fingerprint density at radius 2 is 1.41 bits per heavy atom. The number of hydrogen-bond acceptors (Lipinski definition) is 14. The van der Waals surface area contributed by atoms with Gasteiger partial charge in [-0.2, -0.15) is 0 Å². The summed E-state index contributed by atoms with van der Waals surface area (Å²) in [6.07, 6.45) is 3.96. The highest BCUT2D eigenvalue weighted by molar-refractivity contribution is 5.76. The second-order valence-corrected chi connectivity index (χ2v) is 21.5. The van der Waals surface area contributed by atoms with Crippen molar-refractivity contribution in [2.45, 2.75) is 269 Å². The third kappa shape index (κ3) is 15.8. The summed E-state index contributed by atoms with van der Waals surface area (Å²) in [5.41, 5.74) is -4.53. The largest absolute Gasteiger partial charge is 0.459 e. The average molecular weight is 945 g/mol. The number of amides is 1. The molecule has 3 aliphatic heterocycles. The van der Waals surface area contributed by atoms with E-state index in [4.69, 9.17) is 28.4 Å². The first kappa shape index (κ1) is 58.8. The number of aliphatic hydroxyl groups is 5. The fourth-order valence-corrected chi connectivity index (χ4v) is 10.9. The molecule has 5 N–H and O–H groups in total. The summed E-state index contributed by atoms with van der Waals surface area (Å²) in [6.45, 7) is 20.1. The van der Waals surface area contributed by atoms with Crippen LogP contribution < -0.4 is 0 Å². The van der Waals surface area contributed by atoms with Gasteiger partial charge in [0.25, 0.3) is 0 Å². The minimum atomic E-state index is -1.83. The zero-order valence-electron chi connectivity index (χ0n) is 43.6. The van der Waals surface area contributed by atoms with Gasteiger partial charge in [-0.05, 0) is 87.1 Å². The van der Waals surface area contributed by atoms with Gasteiger partial charge in [-0.3, -0.25) is 9.59 Å². The Morgan fingerprint density at radius 1 is 0.833 bits per heavy atom. The molecule has 0 unspecified atom stereocenters. The Morgan fingerprint density at radius 3 is 1.97 bits per heavy atom. The maximum atomic E-state index is 14.4. The van der Waals surface area contributed by atoms with Crippen molar-refractivity contribution >= 4 is 11.9 Å². The number of hydrogen-bond donors (Lipinski definition) is 5. The van der Waals surface area contributed by atoms with Crippen LogP contribution in [-0.2, 0) is 38.0 Å². The number of nitrogens with zero attached hydrogens (tertiary/aromatic N) is 2. The van der Waals surface area contributed by atoms with Crippen LogP contribution in [0.25, 0.3) is 0 Å². The Labute approximate surface area is 398 Å². The molecule has 0 aromatic heterocycles. The third-order valence-electron chi connectivity index (χ3n) is 15.4. The highest BCUT2D eigenvalue weighted by Gasteiger charge is 2.53. The van der Waals surface area contributed by atoms with Crippen molar-refractivity contribution in [2.75, 3.05) is 27.7 Å². The number of rotatable bonds is 19. The molecule has 0 aromatic rings. The van der Waals surface area contributed by atoms with Crippen molar-refractivity contribution in [1.82, 2.24) is 9.80 Å². The molecule has 15 nitrogen and oxygen atoms in total. The van der Waals surface area contributed by atoms with Crippen molar-refractivity contribution in [2.24, 2.45) is 17.8 Å². The highest BCUT2D eigenvalue weighted by Crippen LogP contribution is 2.40. The molecule has 3 fully saturated rings. The van der Waals surface area contributed by atoms with E-state index in [1.54, 1.807) is 60.4 Å². The van der Waals surface area contributed by atoms with Gasteiger partial charge in [0.2, 0.25) is 5.91 Å². The molecule has 15 heteroatoms. The highest BCUT2D eigenvalue weighted by atomic mass is 16.7. The normalized spacial score (nSPS) is 41.4. The van der Waals surface area contributed by atoms with Gasteiger partial charge in [-0.25, -0.2) is 0 Å². The Hall–Kier alpha value is -1.50. The van der Waals surface area contributed by atoms with Crippen LogP contribution >= 0.6 is 0 Å². The van der Waals surface area contributed by atoms with Crippen molar-refractivity contribution in [3.63, 3.8) is 0 Å². The summed E-state index contributed by atoms with van der Waals surface area (Å²) in [5, 5.41) is 59.3. The minimum Gasteiger partial charge on any atom is -0.459 e. The van der Waals surface area contributed by atoms with E-state index >= 15 is 0 Å². The molecular formula is C51H96N2O13. The van der Waals surface area contributed by atoms with E-state index in [1.807, 2.05) is 25.8 Å². The van der Waals surface area contributed by atoms with E-state index in [2.05, 4.69) is 6.92 Å². The quantitative estimate of drug-likeness (QED) is 0.0695. The molecule has 3 aliphatic rings. The summed E-state index contributed by atoms with van der Waals surface area (Å²) in [5.74, 6) is -2.86.